The van der Waals surface area contributed by atoms with E-state index in [9.17, 15) is 9.59 Å². The van der Waals surface area contributed by atoms with Crippen LogP contribution in [-0.4, -0.2) is 15.8 Å². The van der Waals surface area contributed by atoms with Crippen LogP contribution in [0.4, 0.5) is 0 Å². The van der Waals surface area contributed by atoms with Gasteiger partial charge in [0, 0.05) is 6.42 Å². The average molecular weight is 194 g/mol. The lowest BCUT2D eigenvalue weighted by molar-refractivity contribution is 0.0992. The Morgan fingerprint density at radius 1 is 1.31 bits per heavy atom. The number of carbonyl (C=O) groups excluding carboxylic acids is 1. The van der Waals surface area contributed by atoms with E-state index in [4.69, 9.17) is 12.2 Å². The van der Waals surface area contributed by atoms with Gasteiger partial charge in [-0.15, -0.1) is 0 Å². The Morgan fingerprint density at radius 2 is 2.08 bits per heavy atom. The van der Waals surface area contributed by atoms with Gasteiger partial charge in [0.15, 0.2) is 10.6 Å². The number of aromatic nitrogens is 2. The zero-order chi connectivity index (χ0) is 9.42. The summed E-state index contributed by atoms with van der Waals surface area (Å²) < 4.78 is 0.239. The molecule has 2 rings (SSSR count). The van der Waals surface area contributed by atoms with Crippen LogP contribution < -0.4 is 5.56 Å². The molecule has 1 heterocycles. The summed E-state index contributed by atoms with van der Waals surface area (Å²) in [5.74, 6) is -0.176. The Labute approximate surface area is 78.3 Å². The van der Waals surface area contributed by atoms with Crippen LogP contribution >= 0.6 is 12.2 Å². The number of aromatic amines is 2. The van der Waals surface area contributed by atoms with Gasteiger partial charge >= 0.3 is 0 Å². The number of hydrogen-bond acceptors (Lipinski definition) is 3. The van der Waals surface area contributed by atoms with Gasteiger partial charge < -0.3 is 4.98 Å². The maximum Gasteiger partial charge on any atom is 0.263 e. The molecule has 1 aromatic heterocycles. The summed E-state index contributed by atoms with van der Waals surface area (Å²) in [6.45, 7) is 0. The van der Waals surface area contributed by atoms with Crippen LogP contribution in [0.5, 0.6) is 0 Å². The molecule has 1 aromatic rings. The number of Topliss-reactive ketones (excluding diaryl/α,β-unsaturated/α-hetero) is 1. The van der Waals surface area contributed by atoms with Crippen LogP contribution in [0.15, 0.2) is 10.9 Å². The van der Waals surface area contributed by atoms with Crippen molar-refractivity contribution in [3.63, 3.8) is 0 Å². The van der Waals surface area contributed by atoms with Gasteiger partial charge in [-0.05, 0) is 18.3 Å². The number of rotatable bonds is 0. The lowest BCUT2D eigenvalue weighted by Crippen LogP contribution is -2.22. The Balaban J connectivity index is 2.87. The van der Waals surface area contributed by atoms with Crippen molar-refractivity contribution in [2.24, 2.45) is 0 Å². The fraction of sp³-hybridized carbons (Fsp3) is 0.125. The molecule has 5 heteroatoms. The van der Waals surface area contributed by atoms with E-state index in [0.29, 0.717) is 5.69 Å². The molecule has 0 atom stereocenters. The van der Waals surface area contributed by atoms with E-state index in [0.717, 1.165) is 0 Å². The van der Waals surface area contributed by atoms with Crippen LogP contribution in [0.3, 0.4) is 0 Å². The molecule has 0 saturated heterocycles. The van der Waals surface area contributed by atoms with Gasteiger partial charge in [-0.1, -0.05) is 6.08 Å². The lowest BCUT2D eigenvalue weighted by Gasteiger charge is -2.06. The summed E-state index contributed by atoms with van der Waals surface area (Å²) in [5.41, 5.74) is 0.272. The molecule has 0 bridgehead atoms. The molecule has 0 fully saturated rings. The van der Waals surface area contributed by atoms with Crippen molar-refractivity contribution < 1.29 is 4.79 Å². The first-order valence-corrected chi connectivity index (χ1v) is 4.15. The average Bonchev–Trinajstić information content (AvgIpc) is 2.02. The number of allylic oxidation sites excluding steroid dienone is 1. The van der Waals surface area contributed by atoms with Crippen molar-refractivity contribution in [1.29, 1.82) is 0 Å². The highest BCUT2D eigenvalue weighted by molar-refractivity contribution is 7.71. The van der Waals surface area contributed by atoms with Crippen molar-refractivity contribution in [3.05, 3.63) is 32.5 Å². The second kappa shape index (κ2) is 2.77. The fourth-order valence-electron chi connectivity index (χ4n) is 1.29. The van der Waals surface area contributed by atoms with Crippen LogP contribution in [0.2, 0.25) is 0 Å². The van der Waals surface area contributed by atoms with E-state index in [-0.39, 0.29) is 22.5 Å². The first-order chi connectivity index (χ1) is 6.18. The number of fused-ring (bicyclic) bond motifs is 1. The Hall–Kier alpha value is -1.49. The zero-order valence-electron chi connectivity index (χ0n) is 6.59. The van der Waals surface area contributed by atoms with Crippen molar-refractivity contribution in [1.82, 2.24) is 9.97 Å². The minimum absolute atomic E-state index is 0.176. The lowest BCUT2D eigenvalue weighted by atomic mass is 10.0. The Bertz CT molecular complexity index is 510. The highest BCUT2D eigenvalue weighted by Crippen LogP contribution is 2.11. The molecule has 1 aliphatic rings. The maximum absolute atomic E-state index is 11.3. The summed E-state index contributed by atoms with van der Waals surface area (Å²) in [7, 11) is 0. The largest absolute Gasteiger partial charge is 0.332 e. The molecular weight excluding hydrogens is 188 g/mol. The first kappa shape index (κ1) is 8.12. The molecule has 1 aliphatic carbocycles. The molecule has 66 valence electrons. The van der Waals surface area contributed by atoms with Gasteiger partial charge in [0.05, 0.1) is 5.69 Å². The van der Waals surface area contributed by atoms with Gasteiger partial charge in [-0.25, -0.2) is 0 Å². The van der Waals surface area contributed by atoms with Gasteiger partial charge in [0.2, 0.25) is 0 Å². The molecule has 0 aromatic carbocycles. The summed E-state index contributed by atoms with van der Waals surface area (Å²) in [5, 5.41) is 0. The number of H-pyrrole nitrogens is 2. The quantitative estimate of drug-likeness (QED) is 0.606. The molecule has 4 nitrogen and oxygen atoms in total. The molecule has 13 heavy (non-hydrogen) atoms. The third-order valence-corrected chi connectivity index (χ3v) is 2.04. The summed E-state index contributed by atoms with van der Waals surface area (Å²) >= 11 is 4.77. The normalized spacial score (nSPS) is 14.3. The van der Waals surface area contributed by atoms with Gasteiger partial charge in [0.1, 0.15) is 5.56 Å². The van der Waals surface area contributed by atoms with Crippen molar-refractivity contribution >= 4 is 24.1 Å². The molecule has 0 amide bonds. The number of ketones is 1. The topological polar surface area (TPSA) is 65.7 Å². The van der Waals surface area contributed by atoms with E-state index in [1.807, 2.05) is 0 Å². The van der Waals surface area contributed by atoms with Gasteiger partial charge in [-0.2, -0.15) is 0 Å². The number of nitrogens with one attached hydrogen (secondary N) is 2. The second-order valence-electron chi connectivity index (χ2n) is 2.73. The third-order valence-electron chi connectivity index (χ3n) is 1.84. The monoisotopic (exact) mass is 194 g/mol. The summed E-state index contributed by atoms with van der Waals surface area (Å²) in [6, 6.07) is 0. The minimum Gasteiger partial charge on any atom is -0.332 e. The van der Waals surface area contributed by atoms with Crippen LogP contribution in [-0.2, 0) is 0 Å². The van der Waals surface area contributed by atoms with E-state index in [1.165, 1.54) is 0 Å². The predicted molar refractivity (Wildman–Crippen MR) is 50.2 cm³/mol. The molecule has 0 unspecified atom stereocenters. The molecule has 0 spiro atoms. The molecular formula is C8H6N2O2S. The number of hydrogen-bond donors (Lipinski definition) is 2. The standard InChI is InChI=1S/C8H6N2O2S/c11-5-3-1-2-4-6(5)7(12)10-8(13)9-4/h1-2H,3H2,(H2,9,10,12,13). The fourth-order valence-corrected chi connectivity index (χ4v) is 1.49. The van der Waals surface area contributed by atoms with Crippen molar-refractivity contribution in [2.45, 2.75) is 6.42 Å². The Kier molecular flexibility index (Phi) is 1.73. The summed E-state index contributed by atoms with van der Waals surface area (Å²) in [6.07, 6.45) is 3.68. The minimum atomic E-state index is -0.409. The maximum atomic E-state index is 11.3. The highest BCUT2D eigenvalue weighted by atomic mass is 32.1. The van der Waals surface area contributed by atoms with Crippen molar-refractivity contribution in [2.75, 3.05) is 0 Å². The molecule has 2 N–H and O–H groups in total. The van der Waals surface area contributed by atoms with Crippen LogP contribution in [0.1, 0.15) is 22.5 Å². The van der Waals surface area contributed by atoms with Gasteiger partial charge in [-0.3, -0.25) is 14.6 Å². The van der Waals surface area contributed by atoms with Crippen LogP contribution in [0, 0.1) is 4.77 Å². The van der Waals surface area contributed by atoms with Crippen molar-refractivity contribution in [3.8, 4) is 0 Å². The third kappa shape index (κ3) is 1.27. The predicted octanol–water partition coefficient (Wildman–Crippen LogP) is 1.03. The first-order valence-electron chi connectivity index (χ1n) is 3.75. The smallest absolute Gasteiger partial charge is 0.263 e. The highest BCUT2D eigenvalue weighted by Gasteiger charge is 2.17. The zero-order valence-corrected chi connectivity index (χ0v) is 7.40. The van der Waals surface area contributed by atoms with E-state index >= 15 is 0 Å². The second-order valence-corrected chi connectivity index (χ2v) is 3.13. The Morgan fingerprint density at radius 3 is 2.85 bits per heavy atom. The molecule has 0 aliphatic heterocycles. The van der Waals surface area contributed by atoms with E-state index in [2.05, 4.69) is 9.97 Å². The molecule has 0 radical (unpaired) electrons. The van der Waals surface area contributed by atoms with Crippen LogP contribution in [0.25, 0.3) is 6.08 Å². The number of carbonyl (C=O) groups is 1. The van der Waals surface area contributed by atoms with E-state index < -0.39 is 5.56 Å². The molecule has 0 saturated carbocycles. The SMILES string of the molecule is O=C1CC=Cc2[nH]c(=S)[nH]c(=O)c21. The van der Waals surface area contributed by atoms with Gasteiger partial charge in [0.25, 0.3) is 5.56 Å². The van der Waals surface area contributed by atoms with E-state index in [1.54, 1.807) is 12.2 Å². The summed E-state index contributed by atoms with van der Waals surface area (Å²) in [4.78, 5) is 27.7.